The van der Waals surface area contributed by atoms with Gasteiger partial charge in [-0.25, -0.2) is 0 Å². The molecule has 5 aliphatic rings. The van der Waals surface area contributed by atoms with E-state index in [9.17, 15) is 15.3 Å². The summed E-state index contributed by atoms with van der Waals surface area (Å²) in [6, 6.07) is 0. The summed E-state index contributed by atoms with van der Waals surface area (Å²) in [6.07, 6.45) is 5.92. The second-order valence-electron chi connectivity index (χ2n) is 9.89. The van der Waals surface area contributed by atoms with Crippen molar-refractivity contribution in [1.29, 1.82) is 0 Å². The van der Waals surface area contributed by atoms with E-state index < -0.39 is 11.7 Å². The van der Waals surface area contributed by atoms with Crippen LogP contribution in [0.3, 0.4) is 0 Å². The fourth-order valence-corrected chi connectivity index (χ4v) is 7.92. The Hall–Kier alpha value is -0.580. The van der Waals surface area contributed by atoms with Crippen LogP contribution in [-0.2, 0) is 4.74 Å². The molecule has 0 amide bonds. The van der Waals surface area contributed by atoms with Crippen molar-refractivity contribution in [3.05, 3.63) is 11.3 Å². The zero-order valence-corrected chi connectivity index (χ0v) is 14.8. The summed E-state index contributed by atoms with van der Waals surface area (Å²) in [5, 5.41) is 31.9. The van der Waals surface area contributed by atoms with Crippen LogP contribution in [0.1, 0.15) is 58.8 Å². The largest absolute Gasteiger partial charge is 0.497 e. The smallest absolute Gasteiger partial charge is 0.0969 e. The van der Waals surface area contributed by atoms with Gasteiger partial charge in [0, 0.05) is 29.1 Å². The van der Waals surface area contributed by atoms with Crippen molar-refractivity contribution in [2.75, 3.05) is 13.2 Å². The molecular formula is C20H30O4. The molecule has 24 heavy (non-hydrogen) atoms. The molecule has 2 bridgehead atoms. The number of hydrogen-bond acceptors (Lipinski definition) is 4. The molecule has 0 saturated heterocycles. The third kappa shape index (κ3) is 1.49. The van der Waals surface area contributed by atoms with E-state index in [4.69, 9.17) is 4.74 Å². The Labute approximate surface area is 143 Å². The maximum atomic E-state index is 11.3. The van der Waals surface area contributed by atoms with Gasteiger partial charge in [0.2, 0.25) is 0 Å². The SMILES string of the molecule is C[C@@]12CCC[C@@]3(C)C1=C(C[C@H]1C[C@@H]4C[C@@]13[C@@H](O)C[C@]4(O)CO)OC2. The van der Waals surface area contributed by atoms with Gasteiger partial charge in [0.15, 0.2) is 0 Å². The lowest BCUT2D eigenvalue weighted by Crippen LogP contribution is -2.61. The molecule has 3 saturated carbocycles. The molecule has 4 heteroatoms. The van der Waals surface area contributed by atoms with Gasteiger partial charge < -0.3 is 20.1 Å². The summed E-state index contributed by atoms with van der Waals surface area (Å²) in [5.74, 6) is 1.66. The number of allylic oxidation sites excluding steroid dienone is 1. The molecule has 5 rings (SSSR count). The maximum absolute atomic E-state index is 11.3. The van der Waals surface area contributed by atoms with Gasteiger partial charge in [0.25, 0.3) is 0 Å². The molecule has 0 radical (unpaired) electrons. The molecule has 1 heterocycles. The summed E-state index contributed by atoms with van der Waals surface area (Å²) in [7, 11) is 0. The lowest BCUT2D eigenvalue weighted by molar-refractivity contribution is -0.179. The van der Waals surface area contributed by atoms with Gasteiger partial charge in [-0.2, -0.15) is 0 Å². The van der Waals surface area contributed by atoms with Crippen LogP contribution in [-0.4, -0.2) is 40.2 Å². The van der Waals surface area contributed by atoms with E-state index in [0.29, 0.717) is 12.3 Å². The molecule has 4 nitrogen and oxygen atoms in total. The molecular weight excluding hydrogens is 304 g/mol. The summed E-state index contributed by atoms with van der Waals surface area (Å²) in [6.45, 7) is 5.27. The van der Waals surface area contributed by atoms with E-state index >= 15 is 0 Å². The van der Waals surface area contributed by atoms with Crippen LogP contribution >= 0.6 is 0 Å². The third-order valence-electron chi connectivity index (χ3n) is 8.92. The van der Waals surface area contributed by atoms with Gasteiger partial charge in [0.05, 0.1) is 30.7 Å². The minimum atomic E-state index is -1.11. The zero-order chi connectivity index (χ0) is 17.0. The predicted molar refractivity (Wildman–Crippen MR) is 89.0 cm³/mol. The van der Waals surface area contributed by atoms with Crippen molar-refractivity contribution < 1.29 is 20.1 Å². The van der Waals surface area contributed by atoms with Crippen LogP contribution in [0.25, 0.3) is 0 Å². The lowest BCUT2D eigenvalue weighted by Gasteiger charge is -2.62. The maximum Gasteiger partial charge on any atom is 0.0969 e. The molecule has 134 valence electrons. The van der Waals surface area contributed by atoms with Crippen LogP contribution in [0, 0.1) is 28.1 Å². The Kier molecular flexibility index (Phi) is 2.86. The molecule has 1 spiro atoms. The van der Waals surface area contributed by atoms with Crippen molar-refractivity contribution in [2.45, 2.75) is 70.5 Å². The number of aliphatic hydroxyl groups is 3. The molecule has 1 aliphatic heterocycles. The zero-order valence-electron chi connectivity index (χ0n) is 14.8. The Morgan fingerprint density at radius 1 is 1.17 bits per heavy atom. The second-order valence-corrected chi connectivity index (χ2v) is 9.89. The van der Waals surface area contributed by atoms with Crippen LogP contribution < -0.4 is 0 Å². The quantitative estimate of drug-likeness (QED) is 0.688. The number of fused-ring (bicyclic) bond motifs is 1. The standard InChI is InChI=1S/C20H30O4/c1-17-4-3-5-18(2)16(17)14(24-11-17)7-12-6-13-8-20(12,18)15(22)9-19(13,23)10-21/h12-13,15,21-23H,3-11H2,1-2H3/t12-,13-,15+,17+,18+,19+,20+/m1/s1. The summed E-state index contributed by atoms with van der Waals surface area (Å²) < 4.78 is 6.19. The average molecular weight is 334 g/mol. The molecule has 0 aromatic heterocycles. The fraction of sp³-hybridized carbons (Fsp3) is 0.900. The van der Waals surface area contributed by atoms with Gasteiger partial charge in [-0.3, -0.25) is 0 Å². The second kappa shape index (κ2) is 4.39. The first kappa shape index (κ1) is 15.7. The highest BCUT2D eigenvalue weighted by molar-refractivity contribution is 5.40. The average Bonchev–Trinajstić information content (AvgIpc) is 3.06. The van der Waals surface area contributed by atoms with Crippen molar-refractivity contribution in [3.8, 4) is 0 Å². The van der Waals surface area contributed by atoms with Gasteiger partial charge in [-0.15, -0.1) is 0 Å². The molecule has 3 N–H and O–H groups in total. The van der Waals surface area contributed by atoms with E-state index in [-0.39, 0.29) is 28.8 Å². The molecule has 4 aliphatic carbocycles. The number of hydrogen-bond donors (Lipinski definition) is 3. The highest BCUT2D eigenvalue weighted by Gasteiger charge is 2.72. The molecule has 3 fully saturated rings. The van der Waals surface area contributed by atoms with E-state index in [2.05, 4.69) is 13.8 Å². The first-order valence-electron chi connectivity index (χ1n) is 9.67. The Bertz CT molecular complexity index is 629. The molecule has 7 atom stereocenters. The van der Waals surface area contributed by atoms with Crippen LogP contribution in [0.2, 0.25) is 0 Å². The lowest BCUT2D eigenvalue weighted by atomic mass is 9.42. The first-order valence-corrected chi connectivity index (χ1v) is 9.67. The number of rotatable bonds is 1. The van der Waals surface area contributed by atoms with E-state index in [1.54, 1.807) is 0 Å². The predicted octanol–water partition coefficient (Wildman–Crippen LogP) is 2.37. The van der Waals surface area contributed by atoms with Crippen molar-refractivity contribution in [2.24, 2.45) is 28.1 Å². The van der Waals surface area contributed by atoms with Crippen LogP contribution in [0.4, 0.5) is 0 Å². The Balaban J connectivity index is 1.67. The topological polar surface area (TPSA) is 69.9 Å². The number of aliphatic hydroxyl groups excluding tert-OH is 2. The van der Waals surface area contributed by atoms with Gasteiger partial charge >= 0.3 is 0 Å². The molecule has 0 aromatic rings. The van der Waals surface area contributed by atoms with Crippen molar-refractivity contribution >= 4 is 0 Å². The van der Waals surface area contributed by atoms with Crippen molar-refractivity contribution in [1.82, 2.24) is 0 Å². The minimum absolute atomic E-state index is 0.0281. The summed E-state index contributed by atoms with van der Waals surface area (Å²) >= 11 is 0. The fourth-order valence-electron chi connectivity index (χ4n) is 7.92. The first-order chi connectivity index (χ1) is 11.3. The summed E-state index contributed by atoms with van der Waals surface area (Å²) in [4.78, 5) is 0. The van der Waals surface area contributed by atoms with Gasteiger partial charge in [-0.1, -0.05) is 20.3 Å². The number of ether oxygens (including phenoxy) is 1. The van der Waals surface area contributed by atoms with E-state index in [0.717, 1.165) is 32.3 Å². The molecule has 0 aromatic carbocycles. The highest BCUT2D eigenvalue weighted by atomic mass is 16.5. The highest BCUT2D eigenvalue weighted by Crippen LogP contribution is 2.76. The van der Waals surface area contributed by atoms with E-state index in [1.807, 2.05) is 0 Å². The van der Waals surface area contributed by atoms with Crippen LogP contribution in [0.15, 0.2) is 11.3 Å². The normalized spacial score (nSPS) is 58.3. The monoisotopic (exact) mass is 334 g/mol. The van der Waals surface area contributed by atoms with Gasteiger partial charge in [0.1, 0.15) is 0 Å². The summed E-state index contributed by atoms with van der Waals surface area (Å²) in [5.41, 5.74) is 0.339. The van der Waals surface area contributed by atoms with Gasteiger partial charge in [-0.05, 0) is 43.1 Å². The Morgan fingerprint density at radius 3 is 2.71 bits per heavy atom. The Morgan fingerprint density at radius 2 is 1.96 bits per heavy atom. The minimum Gasteiger partial charge on any atom is -0.497 e. The molecule has 0 unspecified atom stereocenters. The van der Waals surface area contributed by atoms with Crippen LogP contribution in [0.5, 0.6) is 0 Å². The van der Waals surface area contributed by atoms with E-state index in [1.165, 1.54) is 24.2 Å². The third-order valence-corrected chi connectivity index (χ3v) is 8.92. The van der Waals surface area contributed by atoms with Crippen molar-refractivity contribution in [3.63, 3.8) is 0 Å².